The van der Waals surface area contributed by atoms with Crippen LogP contribution >= 0.6 is 0 Å². The second-order valence-electron chi connectivity index (χ2n) is 10.3. The molecule has 0 radical (unpaired) electrons. The molecule has 0 bridgehead atoms. The van der Waals surface area contributed by atoms with Crippen LogP contribution in [0.2, 0.25) is 0 Å². The summed E-state index contributed by atoms with van der Waals surface area (Å²) in [6.07, 6.45) is -8.46. The van der Waals surface area contributed by atoms with Crippen molar-refractivity contribution in [3.8, 4) is 11.1 Å². The molecule has 9 heteroatoms. The van der Waals surface area contributed by atoms with Crippen LogP contribution in [0.15, 0.2) is 66.7 Å². The molecule has 0 heterocycles. The molecule has 0 saturated carbocycles. The summed E-state index contributed by atoms with van der Waals surface area (Å²) in [6.45, 7) is 6.13. The molecule has 3 aromatic rings. The number of carbonyl (C=O) groups excluding carboxylic acids is 1. The third-order valence-electron chi connectivity index (χ3n) is 5.98. The Morgan fingerprint density at radius 1 is 0.789 bits per heavy atom. The van der Waals surface area contributed by atoms with E-state index in [2.05, 4.69) is 5.32 Å². The van der Waals surface area contributed by atoms with Gasteiger partial charge in [-0.1, -0.05) is 51.1 Å². The Labute approximate surface area is 217 Å². The molecule has 3 nitrogen and oxygen atoms in total. The Balaban J connectivity index is 2.00. The van der Waals surface area contributed by atoms with Crippen LogP contribution in [0, 0.1) is 5.41 Å². The highest BCUT2D eigenvalue weighted by Crippen LogP contribution is 2.37. The highest BCUT2D eigenvalue weighted by Gasteiger charge is 2.31. The van der Waals surface area contributed by atoms with Gasteiger partial charge in [0, 0.05) is 12.2 Å². The van der Waals surface area contributed by atoms with Crippen LogP contribution in [-0.4, -0.2) is 13.1 Å². The zero-order valence-corrected chi connectivity index (χ0v) is 21.4. The number of rotatable bonds is 7. The second kappa shape index (κ2) is 11.1. The number of nitrogens with one attached hydrogen (secondary N) is 1. The SMILES string of the molecule is COC(=O)C(CC(C)(C)C)c1cc(NCc2ccc(C(F)(F)F)cc2)cc(-c2ccc(C(F)(F)F)cc2)c1. The Kier molecular flexibility index (Phi) is 8.48. The Morgan fingerprint density at radius 3 is 1.79 bits per heavy atom. The van der Waals surface area contributed by atoms with Crippen molar-refractivity contribution >= 4 is 11.7 Å². The van der Waals surface area contributed by atoms with E-state index in [1.165, 1.54) is 31.4 Å². The van der Waals surface area contributed by atoms with Crippen molar-refractivity contribution in [2.75, 3.05) is 12.4 Å². The maximum absolute atomic E-state index is 13.1. The van der Waals surface area contributed by atoms with E-state index >= 15 is 0 Å². The molecule has 0 aliphatic heterocycles. The van der Waals surface area contributed by atoms with Gasteiger partial charge < -0.3 is 10.1 Å². The van der Waals surface area contributed by atoms with Gasteiger partial charge in [-0.3, -0.25) is 4.79 Å². The molecular weight excluding hydrogens is 508 g/mol. The van der Waals surface area contributed by atoms with Crippen molar-refractivity contribution < 1.29 is 35.9 Å². The number of anilines is 1. The molecule has 0 saturated heterocycles. The smallest absolute Gasteiger partial charge is 0.416 e. The van der Waals surface area contributed by atoms with Crippen molar-refractivity contribution in [1.29, 1.82) is 0 Å². The highest BCUT2D eigenvalue weighted by molar-refractivity contribution is 5.80. The lowest BCUT2D eigenvalue weighted by Gasteiger charge is -2.25. The lowest BCUT2D eigenvalue weighted by molar-refractivity contribution is -0.143. The summed E-state index contributed by atoms with van der Waals surface area (Å²) in [6, 6.07) is 14.7. The molecule has 204 valence electrons. The zero-order chi connectivity index (χ0) is 28.3. The van der Waals surface area contributed by atoms with E-state index in [9.17, 15) is 31.1 Å². The number of hydrogen-bond acceptors (Lipinski definition) is 3. The first kappa shape index (κ1) is 29.1. The molecule has 1 N–H and O–H groups in total. The highest BCUT2D eigenvalue weighted by atomic mass is 19.4. The fourth-order valence-corrected chi connectivity index (χ4v) is 4.08. The summed E-state index contributed by atoms with van der Waals surface area (Å²) in [7, 11) is 1.29. The number of halogens is 6. The topological polar surface area (TPSA) is 38.3 Å². The van der Waals surface area contributed by atoms with E-state index in [4.69, 9.17) is 4.74 Å². The van der Waals surface area contributed by atoms with E-state index in [1.807, 2.05) is 20.8 Å². The maximum atomic E-state index is 13.1. The van der Waals surface area contributed by atoms with Crippen molar-refractivity contribution in [3.05, 3.63) is 89.0 Å². The minimum absolute atomic E-state index is 0.191. The summed E-state index contributed by atoms with van der Waals surface area (Å²) in [4.78, 5) is 12.7. The molecule has 3 rings (SSSR count). The van der Waals surface area contributed by atoms with Crippen LogP contribution in [0.1, 0.15) is 55.4 Å². The normalized spacial score (nSPS) is 13.2. The van der Waals surface area contributed by atoms with Crippen LogP contribution in [0.5, 0.6) is 0 Å². The van der Waals surface area contributed by atoms with Gasteiger partial charge in [0.25, 0.3) is 0 Å². The predicted octanol–water partition coefficient (Wildman–Crippen LogP) is 8.70. The molecule has 3 aromatic carbocycles. The van der Waals surface area contributed by atoms with Crippen molar-refractivity contribution in [3.63, 3.8) is 0 Å². The standard InChI is InChI=1S/C29H29F6NO2/c1-27(2,3)16-25(26(37)38-4)21-13-20(19-7-11-23(12-8-19)29(33,34)35)14-24(15-21)36-17-18-5-9-22(10-6-18)28(30,31)32/h5-15,25,36H,16-17H2,1-4H3. The van der Waals surface area contributed by atoms with Gasteiger partial charge in [0.2, 0.25) is 0 Å². The summed E-state index contributed by atoms with van der Waals surface area (Å²) in [5.74, 6) is -1.08. The first-order valence-corrected chi connectivity index (χ1v) is 11.9. The molecule has 0 aliphatic rings. The van der Waals surface area contributed by atoms with Gasteiger partial charge in [-0.15, -0.1) is 0 Å². The van der Waals surface area contributed by atoms with Crippen LogP contribution in [0.3, 0.4) is 0 Å². The summed E-state index contributed by atoms with van der Waals surface area (Å²) < 4.78 is 82.9. The van der Waals surface area contributed by atoms with E-state index in [0.29, 0.717) is 34.4 Å². The molecule has 0 amide bonds. The number of benzene rings is 3. The van der Waals surface area contributed by atoms with Gasteiger partial charge in [-0.2, -0.15) is 26.3 Å². The van der Waals surface area contributed by atoms with E-state index in [1.54, 1.807) is 18.2 Å². The van der Waals surface area contributed by atoms with Crippen molar-refractivity contribution in [1.82, 2.24) is 0 Å². The largest absolute Gasteiger partial charge is 0.469 e. The molecule has 1 unspecified atom stereocenters. The van der Waals surface area contributed by atoms with Crippen LogP contribution in [0.4, 0.5) is 32.0 Å². The number of alkyl halides is 6. The number of methoxy groups -OCH3 is 1. The fraction of sp³-hybridized carbons (Fsp3) is 0.345. The van der Waals surface area contributed by atoms with E-state index in [-0.39, 0.29) is 12.0 Å². The van der Waals surface area contributed by atoms with Crippen molar-refractivity contribution in [2.24, 2.45) is 5.41 Å². The lowest BCUT2D eigenvalue weighted by atomic mass is 9.80. The summed E-state index contributed by atoms with van der Waals surface area (Å²) in [5, 5.41) is 3.17. The molecule has 0 aromatic heterocycles. The third-order valence-corrected chi connectivity index (χ3v) is 5.98. The maximum Gasteiger partial charge on any atom is 0.416 e. The van der Waals surface area contributed by atoms with Crippen LogP contribution in [0.25, 0.3) is 11.1 Å². The average Bonchev–Trinajstić information content (AvgIpc) is 2.84. The number of hydrogen-bond donors (Lipinski definition) is 1. The monoisotopic (exact) mass is 537 g/mol. The third kappa shape index (κ3) is 7.76. The van der Waals surface area contributed by atoms with Gasteiger partial charge in [0.15, 0.2) is 0 Å². The van der Waals surface area contributed by atoms with E-state index in [0.717, 1.165) is 24.3 Å². The molecular formula is C29H29F6NO2. The van der Waals surface area contributed by atoms with Gasteiger partial charge in [0.05, 0.1) is 24.2 Å². The minimum Gasteiger partial charge on any atom is -0.469 e. The molecule has 0 aliphatic carbocycles. The molecule has 38 heavy (non-hydrogen) atoms. The summed E-state index contributed by atoms with van der Waals surface area (Å²) >= 11 is 0. The Hall–Kier alpha value is -3.49. The van der Waals surface area contributed by atoms with Gasteiger partial charge >= 0.3 is 18.3 Å². The zero-order valence-electron chi connectivity index (χ0n) is 21.4. The van der Waals surface area contributed by atoms with Gasteiger partial charge in [-0.25, -0.2) is 0 Å². The molecule has 0 fully saturated rings. The number of ether oxygens (including phenoxy) is 1. The first-order valence-electron chi connectivity index (χ1n) is 11.9. The molecule has 1 atom stereocenters. The molecule has 0 spiro atoms. The van der Waals surface area contributed by atoms with Crippen LogP contribution < -0.4 is 5.32 Å². The first-order chi connectivity index (χ1) is 17.6. The lowest BCUT2D eigenvalue weighted by Crippen LogP contribution is -2.21. The fourth-order valence-electron chi connectivity index (χ4n) is 4.08. The van der Waals surface area contributed by atoms with Gasteiger partial charge in [-0.05, 0) is 70.5 Å². The Bertz CT molecular complexity index is 1240. The average molecular weight is 538 g/mol. The minimum atomic E-state index is -4.47. The summed E-state index contributed by atoms with van der Waals surface area (Å²) in [5.41, 5.74) is 1.08. The van der Waals surface area contributed by atoms with Gasteiger partial charge in [0.1, 0.15) is 0 Å². The predicted molar refractivity (Wildman–Crippen MR) is 134 cm³/mol. The number of carbonyl (C=O) groups is 1. The Morgan fingerprint density at radius 2 is 1.32 bits per heavy atom. The van der Waals surface area contributed by atoms with Crippen LogP contribution in [-0.2, 0) is 28.4 Å². The van der Waals surface area contributed by atoms with E-state index < -0.39 is 35.4 Å². The number of esters is 1. The second-order valence-corrected chi connectivity index (χ2v) is 10.3. The quantitative estimate of drug-likeness (QED) is 0.242. The van der Waals surface area contributed by atoms with Crippen molar-refractivity contribution in [2.45, 2.75) is 52.0 Å².